The Hall–Kier alpha value is -0.820. The second-order valence-electron chi connectivity index (χ2n) is 10.8. The molecule has 0 bridgehead atoms. The van der Waals surface area contributed by atoms with Crippen LogP contribution in [0.15, 0.2) is 18.2 Å². The van der Waals surface area contributed by atoms with Crippen LogP contribution in [0.2, 0.25) is 0 Å². The lowest BCUT2D eigenvalue weighted by Gasteiger charge is -2.54. The molecule has 1 aliphatic heterocycles. The summed E-state index contributed by atoms with van der Waals surface area (Å²) >= 11 is 0. The van der Waals surface area contributed by atoms with Crippen molar-refractivity contribution >= 4 is 0 Å². The minimum atomic E-state index is 0.252. The summed E-state index contributed by atoms with van der Waals surface area (Å²) in [5, 5.41) is 4.05. The van der Waals surface area contributed by atoms with Crippen molar-refractivity contribution in [1.82, 2.24) is 5.32 Å². The number of rotatable bonds is 2. The molecular weight excluding hydrogens is 314 g/mol. The van der Waals surface area contributed by atoms with Gasteiger partial charge in [-0.1, -0.05) is 58.2 Å². The van der Waals surface area contributed by atoms with Crippen LogP contribution in [0.25, 0.3) is 0 Å². The van der Waals surface area contributed by atoms with Crippen molar-refractivity contribution in [2.45, 2.75) is 102 Å². The molecule has 26 heavy (non-hydrogen) atoms. The van der Waals surface area contributed by atoms with Gasteiger partial charge in [0.2, 0.25) is 0 Å². The first kappa shape index (κ1) is 17.3. The van der Waals surface area contributed by atoms with Crippen LogP contribution in [0.1, 0.15) is 107 Å². The number of hydrogen-bond donors (Lipinski definition) is 1. The van der Waals surface area contributed by atoms with Crippen LogP contribution in [0.4, 0.5) is 0 Å². The van der Waals surface area contributed by atoms with E-state index in [-0.39, 0.29) is 5.41 Å². The molecule has 1 heteroatoms. The summed E-state index contributed by atoms with van der Waals surface area (Å²) in [5.74, 6) is 2.54. The third kappa shape index (κ3) is 2.38. The van der Waals surface area contributed by atoms with Gasteiger partial charge in [-0.15, -0.1) is 0 Å². The molecule has 3 atom stereocenters. The molecule has 142 valence electrons. The second-order valence-corrected chi connectivity index (χ2v) is 10.8. The fourth-order valence-electron chi connectivity index (χ4n) is 7.43. The average Bonchev–Trinajstić information content (AvgIpc) is 3.21. The topological polar surface area (TPSA) is 12.0 Å². The molecule has 1 nitrogen and oxygen atoms in total. The molecule has 3 unspecified atom stereocenters. The van der Waals surface area contributed by atoms with Crippen molar-refractivity contribution in [3.05, 3.63) is 34.9 Å². The molecule has 0 spiro atoms. The molecule has 3 aliphatic carbocycles. The maximum Gasteiger partial charge on any atom is 0.0210 e. The van der Waals surface area contributed by atoms with E-state index in [2.05, 4.69) is 44.3 Å². The summed E-state index contributed by atoms with van der Waals surface area (Å²) in [6, 6.07) is 8.06. The summed E-state index contributed by atoms with van der Waals surface area (Å²) in [6.07, 6.45) is 13.2. The third-order valence-electron chi connectivity index (χ3n) is 8.59. The zero-order valence-electron chi connectivity index (χ0n) is 17.1. The summed E-state index contributed by atoms with van der Waals surface area (Å²) in [6.45, 7) is 8.48. The molecule has 0 amide bonds. The second kappa shape index (κ2) is 6.09. The van der Waals surface area contributed by atoms with Crippen LogP contribution in [0.3, 0.4) is 0 Å². The van der Waals surface area contributed by atoms with Crippen molar-refractivity contribution in [3.8, 4) is 0 Å². The monoisotopic (exact) mass is 351 g/mol. The smallest absolute Gasteiger partial charge is 0.0210 e. The molecular formula is C25H37N. The Kier molecular flexibility index (Phi) is 4.05. The largest absolute Gasteiger partial charge is 0.313 e. The van der Waals surface area contributed by atoms with Crippen molar-refractivity contribution in [2.24, 2.45) is 11.3 Å². The molecule has 0 aromatic heterocycles. The molecule has 4 aliphatic rings. The average molecular weight is 352 g/mol. The predicted octanol–water partition coefficient (Wildman–Crippen LogP) is 6.28. The van der Waals surface area contributed by atoms with E-state index in [1.54, 1.807) is 16.7 Å². The highest BCUT2D eigenvalue weighted by molar-refractivity contribution is 5.51. The van der Waals surface area contributed by atoms with Crippen LogP contribution < -0.4 is 5.32 Å². The first-order valence-electron chi connectivity index (χ1n) is 11.4. The quantitative estimate of drug-likeness (QED) is 0.661. The van der Waals surface area contributed by atoms with Gasteiger partial charge in [0.05, 0.1) is 0 Å². The number of nitrogens with one attached hydrogen (secondary N) is 1. The zero-order valence-corrected chi connectivity index (χ0v) is 17.1. The van der Waals surface area contributed by atoms with Gasteiger partial charge in [0.15, 0.2) is 0 Å². The molecule has 1 aromatic carbocycles. The summed E-state index contributed by atoms with van der Waals surface area (Å²) in [4.78, 5) is 0. The summed E-state index contributed by atoms with van der Waals surface area (Å²) in [7, 11) is 0. The highest BCUT2D eigenvalue weighted by Crippen LogP contribution is 2.66. The SMILES string of the molecule is CC(C)(C)c1cccc2c1C1CCCNC1C2C1(C2CCCC2)CCC1. The summed E-state index contributed by atoms with van der Waals surface area (Å²) < 4.78 is 0. The van der Waals surface area contributed by atoms with Gasteiger partial charge in [-0.05, 0) is 78.5 Å². The Morgan fingerprint density at radius 3 is 2.38 bits per heavy atom. The van der Waals surface area contributed by atoms with Crippen molar-refractivity contribution in [3.63, 3.8) is 0 Å². The van der Waals surface area contributed by atoms with E-state index in [1.165, 1.54) is 64.3 Å². The van der Waals surface area contributed by atoms with Gasteiger partial charge in [0, 0.05) is 17.9 Å². The molecule has 2 saturated carbocycles. The number of hydrogen-bond acceptors (Lipinski definition) is 1. The van der Waals surface area contributed by atoms with Crippen molar-refractivity contribution in [1.29, 1.82) is 0 Å². The van der Waals surface area contributed by atoms with Gasteiger partial charge >= 0.3 is 0 Å². The van der Waals surface area contributed by atoms with Gasteiger partial charge < -0.3 is 5.32 Å². The third-order valence-corrected chi connectivity index (χ3v) is 8.59. The van der Waals surface area contributed by atoms with E-state index >= 15 is 0 Å². The van der Waals surface area contributed by atoms with E-state index in [0.29, 0.717) is 11.5 Å². The highest BCUT2D eigenvalue weighted by atomic mass is 15.0. The first-order chi connectivity index (χ1) is 12.5. The van der Waals surface area contributed by atoms with Crippen LogP contribution in [0.5, 0.6) is 0 Å². The van der Waals surface area contributed by atoms with Gasteiger partial charge in [-0.2, -0.15) is 0 Å². The Labute approximate surface area is 160 Å². The Morgan fingerprint density at radius 2 is 1.73 bits per heavy atom. The van der Waals surface area contributed by atoms with Crippen molar-refractivity contribution < 1.29 is 0 Å². The standard InChI is InChI=1S/C25H37N/c1-24(2,3)20-13-6-11-18-21(20)19-12-7-16-26-23(19)22(18)25(14-8-15-25)17-9-4-5-10-17/h6,11,13,17,19,22-23,26H,4-5,7-10,12,14-16H2,1-3H3. The molecule has 1 saturated heterocycles. The number of benzene rings is 1. The van der Waals surface area contributed by atoms with Gasteiger partial charge in [-0.3, -0.25) is 0 Å². The molecule has 5 rings (SSSR count). The van der Waals surface area contributed by atoms with Crippen molar-refractivity contribution in [2.75, 3.05) is 6.54 Å². The molecule has 1 aromatic rings. The molecule has 0 radical (unpaired) electrons. The zero-order chi connectivity index (χ0) is 17.9. The fourth-order valence-corrected chi connectivity index (χ4v) is 7.43. The maximum absolute atomic E-state index is 4.05. The number of piperidine rings is 1. The van der Waals surface area contributed by atoms with Crippen LogP contribution in [0, 0.1) is 11.3 Å². The Balaban J connectivity index is 1.65. The van der Waals surface area contributed by atoms with Gasteiger partial charge in [0.1, 0.15) is 0 Å². The van der Waals surface area contributed by atoms with Crippen LogP contribution >= 0.6 is 0 Å². The lowest BCUT2D eigenvalue weighted by molar-refractivity contribution is 0.00302. The van der Waals surface area contributed by atoms with Crippen LogP contribution in [-0.2, 0) is 5.41 Å². The fraction of sp³-hybridized carbons (Fsp3) is 0.760. The Bertz CT molecular complexity index is 672. The number of fused-ring (bicyclic) bond motifs is 3. The van der Waals surface area contributed by atoms with Gasteiger partial charge in [-0.25, -0.2) is 0 Å². The molecule has 3 fully saturated rings. The van der Waals surface area contributed by atoms with Gasteiger partial charge in [0.25, 0.3) is 0 Å². The molecule has 1 heterocycles. The van der Waals surface area contributed by atoms with E-state index in [0.717, 1.165) is 17.8 Å². The summed E-state index contributed by atoms with van der Waals surface area (Å²) in [5.41, 5.74) is 6.03. The minimum absolute atomic E-state index is 0.252. The lowest BCUT2D eigenvalue weighted by Crippen LogP contribution is -2.51. The van der Waals surface area contributed by atoms with Crippen LogP contribution in [-0.4, -0.2) is 12.6 Å². The Morgan fingerprint density at radius 1 is 0.962 bits per heavy atom. The first-order valence-corrected chi connectivity index (χ1v) is 11.4. The maximum atomic E-state index is 4.05. The van der Waals surface area contributed by atoms with E-state index in [9.17, 15) is 0 Å². The normalized spacial score (nSPS) is 33.6. The highest BCUT2D eigenvalue weighted by Gasteiger charge is 2.58. The minimum Gasteiger partial charge on any atom is -0.313 e. The van der Waals surface area contributed by atoms with E-state index < -0.39 is 0 Å². The van der Waals surface area contributed by atoms with E-state index in [1.807, 2.05) is 0 Å². The lowest BCUT2D eigenvalue weighted by atomic mass is 9.52. The van der Waals surface area contributed by atoms with E-state index in [4.69, 9.17) is 0 Å². The predicted molar refractivity (Wildman–Crippen MR) is 110 cm³/mol. The molecule has 1 N–H and O–H groups in total.